The second kappa shape index (κ2) is 6.66. The first-order chi connectivity index (χ1) is 6.43. The van der Waals surface area contributed by atoms with E-state index in [0.717, 1.165) is 19.3 Å². The Balaban J connectivity index is 1.93. The molecule has 0 amide bonds. The quantitative estimate of drug-likeness (QED) is 0.628. The third-order valence-electron chi connectivity index (χ3n) is 1.81. The Kier molecular flexibility index (Phi) is 5.25. The topological polar surface area (TPSA) is 26.3 Å². The zero-order valence-corrected chi connectivity index (χ0v) is 8.31. The number of carbonyl (C=O) groups excluding carboxylic acids is 1. The highest BCUT2D eigenvalue weighted by atomic mass is 32.1. The van der Waals surface area contributed by atoms with Crippen molar-refractivity contribution in [1.82, 2.24) is 0 Å². The molecule has 0 aromatic carbocycles. The van der Waals surface area contributed by atoms with E-state index in [1.54, 1.807) is 11.3 Å². The van der Waals surface area contributed by atoms with Gasteiger partial charge in [-0.05, 0) is 37.1 Å². The highest BCUT2D eigenvalue weighted by Crippen LogP contribution is 2.12. The van der Waals surface area contributed by atoms with Crippen LogP contribution in [-0.2, 0) is 16.0 Å². The summed E-state index contributed by atoms with van der Waals surface area (Å²) in [6.45, 7) is 1.93. The molecule has 1 rings (SSSR count). The van der Waals surface area contributed by atoms with Crippen molar-refractivity contribution in [3.8, 4) is 0 Å². The van der Waals surface area contributed by atoms with Crippen LogP contribution in [0.2, 0.25) is 0 Å². The molecule has 3 heteroatoms. The smallest absolute Gasteiger partial charge is 0.417 e. The van der Waals surface area contributed by atoms with Crippen LogP contribution < -0.4 is 0 Å². The molecule has 71 valence electrons. The Morgan fingerprint density at radius 2 is 2.31 bits per heavy atom. The maximum atomic E-state index is 9.68. The fourth-order valence-electron chi connectivity index (χ4n) is 1.15. The number of hydrogen-bond donors (Lipinski definition) is 0. The van der Waals surface area contributed by atoms with Gasteiger partial charge in [-0.25, -0.2) is 4.79 Å². The molecule has 0 N–H and O–H groups in total. The number of ether oxygens (including phenoxy) is 1. The molecule has 0 fully saturated rings. The molecule has 0 bridgehead atoms. The predicted octanol–water partition coefficient (Wildman–Crippen LogP) is 2.54. The van der Waals surface area contributed by atoms with Crippen LogP contribution in [0.5, 0.6) is 0 Å². The minimum atomic E-state index is 0.508. The van der Waals surface area contributed by atoms with Gasteiger partial charge in [0, 0.05) is 4.88 Å². The molecule has 0 spiro atoms. The lowest BCUT2D eigenvalue weighted by atomic mass is 10.2. The van der Waals surface area contributed by atoms with Gasteiger partial charge in [-0.15, -0.1) is 11.3 Å². The standard InChI is InChI=1S/C10H13O2S/c11-9-12-7-3-1-2-5-10-6-4-8-13-10/h4,6,8H,1-3,5,7H2. The average molecular weight is 197 g/mol. The highest BCUT2D eigenvalue weighted by Gasteiger charge is 1.94. The van der Waals surface area contributed by atoms with Gasteiger partial charge < -0.3 is 4.74 Å². The van der Waals surface area contributed by atoms with Gasteiger partial charge >= 0.3 is 6.47 Å². The third-order valence-corrected chi connectivity index (χ3v) is 2.74. The fraction of sp³-hybridized carbons (Fsp3) is 0.500. The van der Waals surface area contributed by atoms with Crippen LogP contribution in [-0.4, -0.2) is 13.1 Å². The van der Waals surface area contributed by atoms with Gasteiger partial charge in [0.05, 0.1) is 6.61 Å². The molecule has 0 saturated heterocycles. The average Bonchev–Trinajstić information content (AvgIpc) is 2.63. The van der Waals surface area contributed by atoms with Crippen LogP contribution in [0.1, 0.15) is 24.1 Å². The van der Waals surface area contributed by atoms with E-state index in [0.29, 0.717) is 6.61 Å². The predicted molar refractivity (Wildman–Crippen MR) is 53.5 cm³/mol. The molecule has 1 aromatic rings. The summed E-state index contributed by atoms with van der Waals surface area (Å²) in [7, 11) is 0. The third kappa shape index (κ3) is 4.68. The summed E-state index contributed by atoms with van der Waals surface area (Å²) >= 11 is 1.80. The SMILES string of the molecule is O=[C]OCCCCCc1cccs1. The first-order valence-corrected chi connectivity index (χ1v) is 5.33. The van der Waals surface area contributed by atoms with Gasteiger partial charge in [-0.3, -0.25) is 0 Å². The molecule has 0 aliphatic carbocycles. The summed E-state index contributed by atoms with van der Waals surface area (Å²) in [6.07, 6.45) is 4.37. The maximum absolute atomic E-state index is 9.68. The number of hydrogen-bond acceptors (Lipinski definition) is 3. The molecule has 0 atom stereocenters. The lowest BCUT2D eigenvalue weighted by Gasteiger charge is -1.98. The Hall–Kier alpha value is -0.830. The van der Waals surface area contributed by atoms with Crippen molar-refractivity contribution in [2.75, 3.05) is 6.61 Å². The van der Waals surface area contributed by atoms with Crippen molar-refractivity contribution in [2.24, 2.45) is 0 Å². The van der Waals surface area contributed by atoms with Crippen molar-refractivity contribution in [1.29, 1.82) is 0 Å². The van der Waals surface area contributed by atoms with Crippen LogP contribution in [0.4, 0.5) is 0 Å². The minimum absolute atomic E-state index is 0.508. The van der Waals surface area contributed by atoms with Gasteiger partial charge in [0.15, 0.2) is 0 Å². The molecule has 1 radical (unpaired) electrons. The van der Waals surface area contributed by atoms with E-state index in [9.17, 15) is 4.79 Å². The van der Waals surface area contributed by atoms with E-state index in [4.69, 9.17) is 0 Å². The summed E-state index contributed by atoms with van der Waals surface area (Å²) in [4.78, 5) is 11.1. The second-order valence-electron chi connectivity index (χ2n) is 2.82. The van der Waals surface area contributed by atoms with Crippen molar-refractivity contribution >= 4 is 17.8 Å². The molecule has 0 aliphatic heterocycles. The summed E-state index contributed by atoms with van der Waals surface area (Å²) < 4.78 is 4.47. The fourth-order valence-corrected chi connectivity index (χ4v) is 1.90. The van der Waals surface area contributed by atoms with Gasteiger partial charge in [0.1, 0.15) is 0 Å². The molecule has 2 nitrogen and oxygen atoms in total. The van der Waals surface area contributed by atoms with E-state index in [1.165, 1.54) is 17.8 Å². The van der Waals surface area contributed by atoms with Crippen molar-refractivity contribution in [3.63, 3.8) is 0 Å². The van der Waals surface area contributed by atoms with Crippen LogP contribution >= 0.6 is 11.3 Å². The molecule has 0 saturated carbocycles. The zero-order valence-electron chi connectivity index (χ0n) is 7.49. The van der Waals surface area contributed by atoms with Crippen LogP contribution in [0.3, 0.4) is 0 Å². The van der Waals surface area contributed by atoms with Gasteiger partial charge in [0.25, 0.3) is 0 Å². The summed E-state index contributed by atoms with van der Waals surface area (Å²) in [6, 6.07) is 4.23. The van der Waals surface area contributed by atoms with Crippen molar-refractivity contribution in [2.45, 2.75) is 25.7 Å². The summed E-state index contributed by atoms with van der Waals surface area (Å²) in [5, 5.41) is 2.10. The van der Waals surface area contributed by atoms with E-state index in [2.05, 4.69) is 22.2 Å². The maximum Gasteiger partial charge on any atom is 0.417 e. The van der Waals surface area contributed by atoms with E-state index < -0.39 is 0 Å². The Morgan fingerprint density at radius 1 is 1.38 bits per heavy atom. The van der Waals surface area contributed by atoms with Gasteiger partial charge in [-0.2, -0.15) is 0 Å². The lowest BCUT2D eigenvalue weighted by Crippen LogP contribution is -1.91. The Morgan fingerprint density at radius 3 is 3.00 bits per heavy atom. The second-order valence-corrected chi connectivity index (χ2v) is 3.85. The number of aryl methyl sites for hydroxylation is 1. The number of thiophene rings is 1. The Bertz CT molecular complexity index is 219. The largest absolute Gasteiger partial charge is 0.457 e. The van der Waals surface area contributed by atoms with Crippen molar-refractivity contribution in [3.05, 3.63) is 22.4 Å². The number of rotatable bonds is 7. The summed E-state index contributed by atoms with van der Waals surface area (Å²) in [5.74, 6) is 0. The van der Waals surface area contributed by atoms with Crippen LogP contribution in [0, 0.1) is 0 Å². The Labute approximate surface area is 82.5 Å². The molecule has 1 aromatic heterocycles. The van der Waals surface area contributed by atoms with E-state index in [1.807, 2.05) is 0 Å². The first-order valence-electron chi connectivity index (χ1n) is 4.45. The molecular formula is C10H13O2S. The lowest BCUT2D eigenvalue weighted by molar-refractivity contribution is 0.269. The molecule has 13 heavy (non-hydrogen) atoms. The van der Waals surface area contributed by atoms with Gasteiger partial charge in [0.2, 0.25) is 0 Å². The monoisotopic (exact) mass is 197 g/mol. The summed E-state index contributed by atoms with van der Waals surface area (Å²) in [5.41, 5.74) is 0. The molecular weight excluding hydrogens is 184 g/mol. The van der Waals surface area contributed by atoms with Crippen molar-refractivity contribution < 1.29 is 9.53 Å². The minimum Gasteiger partial charge on any atom is -0.457 e. The normalized spacial score (nSPS) is 9.85. The van der Waals surface area contributed by atoms with Gasteiger partial charge in [-0.1, -0.05) is 6.07 Å². The van der Waals surface area contributed by atoms with Crippen LogP contribution in [0.25, 0.3) is 0 Å². The molecule has 0 unspecified atom stereocenters. The van der Waals surface area contributed by atoms with E-state index >= 15 is 0 Å². The van der Waals surface area contributed by atoms with Crippen LogP contribution in [0.15, 0.2) is 17.5 Å². The molecule has 1 heterocycles. The molecule has 0 aliphatic rings. The van der Waals surface area contributed by atoms with E-state index in [-0.39, 0.29) is 0 Å². The highest BCUT2D eigenvalue weighted by molar-refractivity contribution is 7.09. The first kappa shape index (κ1) is 10.3. The zero-order chi connectivity index (χ0) is 9.36. The number of unbranched alkanes of at least 4 members (excludes halogenated alkanes) is 2.